The van der Waals surface area contributed by atoms with Crippen molar-refractivity contribution in [1.29, 1.82) is 0 Å². The van der Waals surface area contributed by atoms with Gasteiger partial charge in [-0.3, -0.25) is 9.59 Å². The second kappa shape index (κ2) is 15.6. The van der Waals surface area contributed by atoms with Crippen molar-refractivity contribution in [2.75, 3.05) is 0 Å². The van der Waals surface area contributed by atoms with Crippen molar-refractivity contribution in [3.05, 3.63) is 59.2 Å². The van der Waals surface area contributed by atoms with Crippen molar-refractivity contribution in [2.45, 2.75) is 101 Å². The minimum atomic E-state index is -0.760. The number of aromatic hydroxyl groups is 1. The predicted molar refractivity (Wildman–Crippen MR) is 141 cm³/mol. The Balaban J connectivity index is 1.98. The molecule has 186 valence electrons. The standard InChI is InChI=1S/C29H40O4S/c1-3-4-5-6-7-8-9-12-23-15-17-24(18-16-23)28(13-10-11-14-29(32)33)34-25-19-20-26(22(2)30)27(31)21-25/h15-21,28,31H,3-14H2,1-2H3,(H,32,33). The molecule has 2 aromatic carbocycles. The largest absolute Gasteiger partial charge is 0.507 e. The monoisotopic (exact) mass is 484 g/mol. The molecular formula is C29H40O4S. The smallest absolute Gasteiger partial charge is 0.303 e. The van der Waals surface area contributed by atoms with Crippen molar-refractivity contribution in [3.63, 3.8) is 0 Å². The van der Waals surface area contributed by atoms with Crippen LogP contribution in [0.15, 0.2) is 47.4 Å². The number of carbonyl (C=O) groups is 2. The van der Waals surface area contributed by atoms with Gasteiger partial charge in [-0.1, -0.05) is 76.1 Å². The molecule has 0 aliphatic rings. The molecule has 0 saturated heterocycles. The number of benzene rings is 2. The fourth-order valence-electron chi connectivity index (χ4n) is 4.13. The number of hydrogen-bond donors (Lipinski definition) is 2. The zero-order valence-electron chi connectivity index (χ0n) is 20.7. The second-order valence-corrected chi connectivity index (χ2v) is 10.4. The summed E-state index contributed by atoms with van der Waals surface area (Å²) < 4.78 is 0. The Bertz CT molecular complexity index is 892. The minimum Gasteiger partial charge on any atom is -0.507 e. The van der Waals surface area contributed by atoms with Crippen LogP contribution in [0.25, 0.3) is 0 Å². The number of hydrogen-bond acceptors (Lipinski definition) is 4. The Labute approximate surface area is 209 Å². The van der Waals surface area contributed by atoms with Crippen molar-refractivity contribution in [3.8, 4) is 5.75 Å². The number of aryl methyl sites for hydroxylation is 1. The van der Waals surface area contributed by atoms with Gasteiger partial charge in [0.1, 0.15) is 5.75 Å². The molecular weight excluding hydrogens is 444 g/mol. The topological polar surface area (TPSA) is 74.6 Å². The van der Waals surface area contributed by atoms with Gasteiger partial charge in [0.2, 0.25) is 0 Å². The van der Waals surface area contributed by atoms with Crippen LogP contribution in [0, 0.1) is 0 Å². The maximum Gasteiger partial charge on any atom is 0.303 e. The van der Waals surface area contributed by atoms with Crippen LogP contribution in [0.3, 0.4) is 0 Å². The molecule has 1 unspecified atom stereocenters. The van der Waals surface area contributed by atoms with Gasteiger partial charge in [-0.2, -0.15) is 0 Å². The van der Waals surface area contributed by atoms with Crippen molar-refractivity contribution < 1.29 is 19.8 Å². The Morgan fingerprint density at radius 2 is 1.56 bits per heavy atom. The van der Waals surface area contributed by atoms with Gasteiger partial charge in [-0.15, -0.1) is 11.8 Å². The highest BCUT2D eigenvalue weighted by Gasteiger charge is 2.16. The van der Waals surface area contributed by atoms with Crippen LogP contribution in [0.4, 0.5) is 0 Å². The molecule has 0 heterocycles. The lowest BCUT2D eigenvalue weighted by atomic mass is 10.0. The highest BCUT2D eigenvalue weighted by atomic mass is 32.2. The van der Waals surface area contributed by atoms with E-state index < -0.39 is 5.97 Å². The molecule has 0 spiro atoms. The normalized spacial score (nSPS) is 11.9. The van der Waals surface area contributed by atoms with Crippen molar-refractivity contribution in [2.24, 2.45) is 0 Å². The number of aliphatic carboxylic acids is 1. The second-order valence-electron chi connectivity index (χ2n) is 9.09. The number of carbonyl (C=O) groups excluding carboxylic acids is 1. The van der Waals surface area contributed by atoms with E-state index in [4.69, 9.17) is 5.11 Å². The molecule has 0 fully saturated rings. The number of unbranched alkanes of at least 4 members (excludes halogenated alkanes) is 7. The zero-order chi connectivity index (χ0) is 24.8. The number of carboxylic acids is 1. The summed E-state index contributed by atoms with van der Waals surface area (Å²) in [5, 5.41) is 19.3. The molecule has 2 rings (SSSR count). The van der Waals surface area contributed by atoms with E-state index in [0.717, 1.165) is 24.2 Å². The Hall–Kier alpha value is -2.27. The molecule has 4 nitrogen and oxygen atoms in total. The van der Waals surface area contributed by atoms with Crippen LogP contribution in [0.2, 0.25) is 0 Å². The maximum absolute atomic E-state index is 11.6. The third kappa shape index (κ3) is 10.3. The van der Waals surface area contributed by atoms with Gasteiger partial charge in [-0.25, -0.2) is 0 Å². The molecule has 0 aromatic heterocycles. The molecule has 0 radical (unpaired) electrons. The van der Waals surface area contributed by atoms with Crippen LogP contribution in [-0.2, 0) is 11.2 Å². The molecule has 0 amide bonds. The Kier molecular flexibility index (Phi) is 12.8. The van der Waals surface area contributed by atoms with Gasteiger partial charge >= 0.3 is 5.97 Å². The molecule has 0 saturated carbocycles. The van der Waals surface area contributed by atoms with Crippen LogP contribution in [-0.4, -0.2) is 22.0 Å². The van der Waals surface area contributed by atoms with Gasteiger partial charge < -0.3 is 10.2 Å². The lowest BCUT2D eigenvalue weighted by Crippen LogP contribution is -1.99. The first kappa shape index (κ1) is 28.0. The number of Topliss-reactive ketones (excluding diaryl/α,β-unsaturated/α-hetero) is 1. The van der Waals surface area contributed by atoms with E-state index >= 15 is 0 Å². The first-order valence-electron chi connectivity index (χ1n) is 12.7. The summed E-state index contributed by atoms with van der Waals surface area (Å²) in [6.07, 6.45) is 12.8. The van der Waals surface area contributed by atoms with E-state index in [9.17, 15) is 14.7 Å². The third-order valence-corrected chi connectivity index (χ3v) is 7.47. The number of phenolic OH excluding ortho intramolecular Hbond substituents is 1. The quantitative estimate of drug-likeness (QED) is 0.134. The first-order chi connectivity index (χ1) is 16.4. The molecule has 2 aromatic rings. The van der Waals surface area contributed by atoms with E-state index in [1.807, 2.05) is 6.07 Å². The first-order valence-corrected chi connectivity index (χ1v) is 13.6. The third-order valence-electron chi connectivity index (χ3n) is 6.15. The van der Waals surface area contributed by atoms with E-state index in [1.165, 1.54) is 63.0 Å². The summed E-state index contributed by atoms with van der Waals surface area (Å²) in [5.74, 6) is -0.911. The van der Waals surface area contributed by atoms with E-state index in [0.29, 0.717) is 12.0 Å². The fraction of sp³-hybridized carbons (Fsp3) is 0.517. The summed E-state index contributed by atoms with van der Waals surface area (Å²) >= 11 is 1.65. The summed E-state index contributed by atoms with van der Waals surface area (Å²) in [6.45, 7) is 3.69. The lowest BCUT2D eigenvalue weighted by molar-refractivity contribution is -0.137. The van der Waals surface area contributed by atoms with Crippen LogP contribution in [0.1, 0.15) is 111 Å². The molecule has 1 atom stereocenters. The number of rotatable bonds is 17. The summed E-state index contributed by atoms with van der Waals surface area (Å²) in [7, 11) is 0. The highest BCUT2D eigenvalue weighted by Crippen LogP contribution is 2.40. The summed E-state index contributed by atoms with van der Waals surface area (Å²) in [5.41, 5.74) is 2.89. The number of thioether (sulfide) groups is 1. The van der Waals surface area contributed by atoms with Crippen LogP contribution < -0.4 is 0 Å². The predicted octanol–water partition coefficient (Wildman–Crippen LogP) is 8.37. The number of carboxylic acid groups (broad SMARTS) is 1. The maximum atomic E-state index is 11.6. The molecule has 0 aliphatic heterocycles. The van der Waals surface area contributed by atoms with Crippen LogP contribution in [0.5, 0.6) is 5.75 Å². The summed E-state index contributed by atoms with van der Waals surface area (Å²) in [6, 6.07) is 14.0. The van der Waals surface area contributed by atoms with Gasteiger partial charge in [0.25, 0.3) is 0 Å². The highest BCUT2D eigenvalue weighted by molar-refractivity contribution is 7.99. The Morgan fingerprint density at radius 3 is 2.18 bits per heavy atom. The van der Waals surface area contributed by atoms with E-state index in [2.05, 4.69) is 31.2 Å². The average molecular weight is 485 g/mol. The van der Waals surface area contributed by atoms with Crippen molar-refractivity contribution >= 4 is 23.5 Å². The van der Waals surface area contributed by atoms with Gasteiger partial charge in [0.15, 0.2) is 5.78 Å². The SMILES string of the molecule is CCCCCCCCCc1ccc(C(CCCCC(=O)O)Sc2ccc(C(C)=O)c(O)c2)cc1. The van der Waals surface area contributed by atoms with E-state index in [-0.39, 0.29) is 23.2 Å². The number of phenols is 1. The van der Waals surface area contributed by atoms with Gasteiger partial charge in [-0.05, 0) is 61.9 Å². The fourth-order valence-corrected chi connectivity index (χ4v) is 5.36. The molecule has 34 heavy (non-hydrogen) atoms. The average Bonchev–Trinajstić information content (AvgIpc) is 2.80. The molecule has 0 aliphatic carbocycles. The van der Waals surface area contributed by atoms with E-state index in [1.54, 1.807) is 23.9 Å². The molecule has 5 heteroatoms. The van der Waals surface area contributed by atoms with Crippen molar-refractivity contribution in [1.82, 2.24) is 0 Å². The number of ketones is 1. The zero-order valence-corrected chi connectivity index (χ0v) is 21.5. The van der Waals surface area contributed by atoms with Crippen LogP contribution >= 0.6 is 11.8 Å². The van der Waals surface area contributed by atoms with Gasteiger partial charge in [0.05, 0.1) is 5.56 Å². The summed E-state index contributed by atoms with van der Waals surface area (Å²) in [4.78, 5) is 23.4. The molecule has 2 N–H and O–H groups in total. The minimum absolute atomic E-state index is 0.00664. The lowest BCUT2D eigenvalue weighted by Gasteiger charge is -2.18. The Morgan fingerprint density at radius 1 is 0.882 bits per heavy atom. The van der Waals surface area contributed by atoms with Gasteiger partial charge in [0, 0.05) is 16.6 Å². The molecule has 0 bridgehead atoms.